The molecule has 0 saturated carbocycles. The zero-order valence-electron chi connectivity index (χ0n) is 4.70. The van der Waals surface area contributed by atoms with Crippen molar-refractivity contribution in [2.24, 2.45) is 0 Å². The lowest BCUT2D eigenvalue weighted by Gasteiger charge is -1.89. The third-order valence-electron chi connectivity index (χ3n) is 1.08. The molecule has 0 aromatic heterocycles. The maximum Gasteiger partial charge on any atom is 0.202 e. The van der Waals surface area contributed by atoms with Gasteiger partial charge in [-0.15, -0.1) is 6.42 Å². The monoisotopic (exact) mass is 162 g/mol. The molecule has 0 radical (unpaired) electrons. The molecule has 1 rings (SSSR count). The van der Waals surface area contributed by atoms with E-state index in [1.165, 1.54) is 0 Å². The molecule has 1 atom stereocenters. The molecule has 4 heteroatoms. The van der Waals surface area contributed by atoms with Crippen molar-refractivity contribution in [2.75, 3.05) is 5.75 Å². The van der Waals surface area contributed by atoms with E-state index in [9.17, 15) is 8.42 Å². The lowest BCUT2D eigenvalue weighted by molar-refractivity contribution is 0.611. The summed E-state index contributed by atoms with van der Waals surface area (Å²) in [5, 5.41) is -0.102. The second kappa shape index (κ2) is 2.24. The van der Waals surface area contributed by atoms with E-state index in [1.54, 1.807) is 0 Å². The van der Waals surface area contributed by atoms with Crippen molar-refractivity contribution in [3.63, 3.8) is 0 Å². The molecule has 2 nitrogen and oxygen atoms in total. The van der Waals surface area contributed by atoms with Crippen LogP contribution in [0.1, 0.15) is 6.42 Å². The maximum absolute atomic E-state index is 10.7. The van der Waals surface area contributed by atoms with Gasteiger partial charge in [0.2, 0.25) is 8.87 Å². The fourth-order valence-electron chi connectivity index (χ4n) is 0.636. The summed E-state index contributed by atoms with van der Waals surface area (Å²) in [5.41, 5.74) is 0. The molecule has 1 fully saturated rings. The third kappa shape index (κ3) is 1.63. The van der Waals surface area contributed by atoms with Crippen LogP contribution in [0.15, 0.2) is 0 Å². The van der Waals surface area contributed by atoms with Gasteiger partial charge < -0.3 is 0 Å². The van der Waals surface area contributed by atoms with E-state index in [1.807, 2.05) is 0 Å². The number of rotatable bonds is 0. The molecule has 1 saturated heterocycles. The normalized spacial score (nSPS) is 31.7. The fourth-order valence-corrected chi connectivity index (χ4v) is 4.12. The zero-order valence-corrected chi connectivity index (χ0v) is 6.33. The number of terminal acetylenes is 1. The maximum atomic E-state index is 10.7. The van der Waals surface area contributed by atoms with Crippen LogP contribution in [0, 0.1) is 12.3 Å². The molecular weight excluding hydrogens is 156 g/mol. The zero-order chi connectivity index (χ0) is 6.91. The Balaban J connectivity index is 2.72. The van der Waals surface area contributed by atoms with Crippen molar-refractivity contribution in [1.82, 2.24) is 0 Å². The minimum absolute atomic E-state index is 0.102. The van der Waals surface area contributed by atoms with Crippen molar-refractivity contribution in [2.45, 2.75) is 11.7 Å². The van der Waals surface area contributed by atoms with Crippen LogP contribution >= 0.6 is 10.8 Å². The highest BCUT2D eigenvalue weighted by atomic mass is 33.1. The molecule has 1 heterocycles. The van der Waals surface area contributed by atoms with E-state index in [-0.39, 0.29) is 11.0 Å². The topological polar surface area (TPSA) is 34.1 Å². The van der Waals surface area contributed by atoms with Crippen LogP contribution < -0.4 is 0 Å². The average Bonchev–Trinajstić information content (AvgIpc) is 2.10. The van der Waals surface area contributed by atoms with Gasteiger partial charge in [-0.1, -0.05) is 5.92 Å². The Bertz CT molecular complexity index is 234. The Labute approximate surface area is 58.3 Å². The smallest absolute Gasteiger partial charge is 0.202 e. The highest BCUT2D eigenvalue weighted by Crippen LogP contribution is 2.30. The van der Waals surface area contributed by atoms with Crippen molar-refractivity contribution in [3.8, 4) is 12.3 Å². The third-order valence-corrected chi connectivity index (χ3v) is 4.79. The van der Waals surface area contributed by atoms with Gasteiger partial charge >= 0.3 is 0 Å². The summed E-state index contributed by atoms with van der Waals surface area (Å²) in [4.78, 5) is 0. The Hall–Kier alpha value is -0.140. The minimum atomic E-state index is -2.83. The Kier molecular flexibility index (Phi) is 1.73. The van der Waals surface area contributed by atoms with Crippen LogP contribution in [0.3, 0.4) is 0 Å². The first-order valence-corrected chi connectivity index (χ1v) is 5.56. The molecule has 0 bridgehead atoms. The van der Waals surface area contributed by atoms with Gasteiger partial charge in [0.15, 0.2) is 0 Å². The summed E-state index contributed by atoms with van der Waals surface area (Å²) in [7, 11) is -1.93. The SMILES string of the molecule is C#CC1CCS(=O)(=O)S1. The standard InChI is InChI=1S/C5H6O2S2/c1-2-5-3-4-9(6,7)8-5/h1,5H,3-4H2. The largest absolute Gasteiger partial charge is 0.217 e. The molecule has 1 unspecified atom stereocenters. The van der Waals surface area contributed by atoms with E-state index < -0.39 is 8.87 Å². The highest BCUT2D eigenvalue weighted by molar-refractivity contribution is 8.72. The molecule has 0 amide bonds. The highest BCUT2D eigenvalue weighted by Gasteiger charge is 2.26. The number of hydrogen-bond donors (Lipinski definition) is 0. The van der Waals surface area contributed by atoms with Crippen molar-refractivity contribution in [3.05, 3.63) is 0 Å². The van der Waals surface area contributed by atoms with Gasteiger partial charge in [-0.25, -0.2) is 8.42 Å². The Morgan fingerprint density at radius 2 is 2.33 bits per heavy atom. The van der Waals surface area contributed by atoms with Gasteiger partial charge in [-0.05, 0) is 17.2 Å². The van der Waals surface area contributed by atoms with E-state index in [2.05, 4.69) is 5.92 Å². The van der Waals surface area contributed by atoms with Gasteiger partial charge in [-0.2, -0.15) is 0 Å². The minimum Gasteiger partial charge on any atom is -0.217 e. The molecule has 0 aromatic carbocycles. The molecule has 1 aliphatic heterocycles. The van der Waals surface area contributed by atoms with Gasteiger partial charge in [-0.3, -0.25) is 0 Å². The first-order chi connectivity index (χ1) is 4.14. The van der Waals surface area contributed by atoms with Crippen LogP contribution in [0.25, 0.3) is 0 Å². The lowest BCUT2D eigenvalue weighted by Crippen LogP contribution is -1.89. The second-order valence-electron chi connectivity index (χ2n) is 1.80. The Morgan fingerprint density at radius 1 is 1.67 bits per heavy atom. The van der Waals surface area contributed by atoms with Crippen LogP contribution in [0.2, 0.25) is 0 Å². The van der Waals surface area contributed by atoms with Gasteiger partial charge in [0.1, 0.15) is 0 Å². The van der Waals surface area contributed by atoms with E-state index in [0.29, 0.717) is 6.42 Å². The Morgan fingerprint density at radius 3 is 2.56 bits per heavy atom. The molecule has 9 heavy (non-hydrogen) atoms. The summed E-state index contributed by atoms with van der Waals surface area (Å²) in [6, 6.07) is 0. The van der Waals surface area contributed by atoms with E-state index in [4.69, 9.17) is 6.42 Å². The van der Waals surface area contributed by atoms with Gasteiger partial charge in [0.25, 0.3) is 0 Å². The first kappa shape index (κ1) is 6.97. The average molecular weight is 162 g/mol. The predicted octanol–water partition coefficient (Wildman–Crippen LogP) is 0.455. The molecule has 1 aliphatic rings. The summed E-state index contributed by atoms with van der Waals surface area (Å²) < 4.78 is 21.3. The van der Waals surface area contributed by atoms with Crippen LogP contribution in [-0.2, 0) is 8.87 Å². The van der Waals surface area contributed by atoms with Crippen LogP contribution in [0.4, 0.5) is 0 Å². The van der Waals surface area contributed by atoms with Crippen LogP contribution in [0.5, 0.6) is 0 Å². The first-order valence-electron chi connectivity index (χ1n) is 2.51. The fraction of sp³-hybridized carbons (Fsp3) is 0.600. The van der Waals surface area contributed by atoms with Crippen molar-refractivity contribution in [1.29, 1.82) is 0 Å². The van der Waals surface area contributed by atoms with Crippen LogP contribution in [-0.4, -0.2) is 19.4 Å². The summed E-state index contributed by atoms with van der Waals surface area (Å²) in [5.74, 6) is 2.65. The molecule has 0 aromatic rings. The second-order valence-corrected chi connectivity index (χ2v) is 6.19. The predicted molar refractivity (Wildman–Crippen MR) is 38.6 cm³/mol. The molecule has 0 spiro atoms. The summed E-state index contributed by atoms with van der Waals surface area (Å²) >= 11 is 0. The summed E-state index contributed by atoms with van der Waals surface area (Å²) in [6.07, 6.45) is 5.63. The van der Waals surface area contributed by atoms with Gasteiger partial charge in [0.05, 0.1) is 11.0 Å². The number of hydrogen-bond acceptors (Lipinski definition) is 3. The lowest BCUT2D eigenvalue weighted by atomic mass is 10.3. The van der Waals surface area contributed by atoms with Crippen molar-refractivity contribution >= 4 is 19.7 Å². The van der Waals surface area contributed by atoms with E-state index >= 15 is 0 Å². The molecule has 50 valence electrons. The molecule has 0 aliphatic carbocycles. The molecule has 0 N–H and O–H groups in total. The van der Waals surface area contributed by atoms with Crippen molar-refractivity contribution < 1.29 is 8.42 Å². The van der Waals surface area contributed by atoms with Gasteiger partial charge in [0, 0.05) is 0 Å². The molecular formula is C5H6O2S2. The summed E-state index contributed by atoms with van der Waals surface area (Å²) in [6.45, 7) is 0. The quantitative estimate of drug-likeness (QED) is 0.383. The van der Waals surface area contributed by atoms with E-state index in [0.717, 1.165) is 10.8 Å².